The maximum Gasteiger partial charge on any atom is 0.329 e. The van der Waals surface area contributed by atoms with E-state index < -0.39 is 35.6 Å². The van der Waals surface area contributed by atoms with Crippen molar-refractivity contribution in [1.82, 2.24) is 20.4 Å². The first-order valence-corrected chi connectivity index (χ1v) is 23.7. The maximum atomic E-state index is 14.3. The average molecular weight is 887 g/mol. The van der Waals surface area contributed by atoms with Crippen LogP contribution in [0.4, 0.5) is 0 Å². The van der Waals surface area contributed by atoms with Crippen molar-refractivity contribution in [2.24, 2.45) is 35.5 Å². The Balaban J connectivity index is 2.16. The fraction of sp³-hybridized carbons (Fsp3) is 0.780. The van der Waals surface area contributed by atoms with Crippen LogP contribution in [0.5, 0.6) is 0 Å². The predicted octanol–water partition coefficient (Wildman–Crippen LogP) is 7.53. The van der Waals surface area contributed by atoms with Crippen LogP contribution in [0.1, 0.15) is 140 Å². The number of hydrogen-bond donors (Lipinski definition) is 3. The molecule has 360 valence electrons. The first-order chi connectivity index (χ1) is 29.5. The molecule has 1 saturated heterocycles. The van der Waals surface area contributed by atoms with Gasteiger partial charge in [0, 0.05) is 39.6 Å². The summed E-state index contributed by atoms with van der Waals surface area (Å²) in [5.41, 5.74) is 0.166. The summed E-state index contributed by atoms with van der Waals surface area (Å²) in [5, 5.41) is 15.4. The van der Waals surface area contributed by atoms with E-state index in [1.807, 2.05) is 61.0 Å². The normalized spacial score (nSPS) is 18.9. The highest BCUT2D eigenvalue weighted by molar-refractivity contribution is 5.86. The molecule has 1 aliphatic heterocycles. The SMILES string of the molecule is CCC(C)C(CCC(C)CC(NC(=O)C(C(C)C)N(C)CCCC(=O)O)C(C)C)C(CC(=O)N1CCCC1C(OC)C(C)C(=O)NC(Cc1ccccc1)C(=O)OC(C)(C)C)OC. The molecule has 10 unspecified atom stereocenters. The lowest BCUT2D eigenvalue weighted by Crippen LogP contribution is -2.53. The zero-order chi connectivity index (χ0) is 47.6. The maximum absolute atomic E-state index is 14.3. The summed E-state index contributed by atoms with van der Waals surface area (Å²) < 4.78 is 17.9. The molecule has 3 N–H and O–H groups in total. The molecule has 0 aliphatic carbocycles. The molecule has 1 aromatic rings. The third-order valence-corrected chi connectivity index (χ3v) is 13.1. The van der Waals surface area contributed by atoms with Gasteiger partial charge in [0.05, 0.1) is 36.6 Å². The third kappa shape index (κ3) is 18.5. The summed E-state index contributed by atoms with van der Waals surface area (Å²) in [6, 6.07) is 7.91. The summed E-state index contributed by atoms with van der Waals surface area (Å²) in [7, 11) is 5.15. The van der Waals surface area contributed by atoms with E-state index in [2.05, 4.69) is 45.3 Å². The minimum absolute atomic E-state index is 0.0220. The van der Waals surface area contributed by atoms with Crippen LogP contribution in [0.3, 0.4) is 0 Å². The number of nitrogens with zero attached hydrogens (tertiary/aromatic N) is 2. The Labute approximate surface area is 380 Å². The Morgan fingerprint density at radius 2 is 1.56 bits per heavy atom. The number of aliphatic carboxylic acids is 1. The second-order valence-corrected chi connectivity index (χ2v) is 20.0. The van der Waals surface area contributed by atoms with Crippen LogP contribution in [-0.2, 0) is 44.6 Å². The minimum Gasteiger partial charge on any atom is -0.481 e. The number of rotatable bonds is 28. The molecule has 1 fully saturated rings. The summed E-state index contributed by atoms with van der Waals surface area (Å²) >= 11 is 0. The number of methoxy groups -OCH3 is 2. The highest BCUT2D eigenvalue weighted by Crippen LogP contribution is 2.33. The Morgan fingerprint density at radius 1 is 0.905 bits per heavy atom. The number of carbonyl (C=O) groups is 5. The van der Waals surface area contributed by atoms with E-state index in [1.54, 1.807) is 41.9 Å². The zero-order valence-corrected chi connectivity index (χ0v) is 41.4. The largest absolute Gasteiger partial charge is 0.481 e. The van der Waals surface area contributed by atoms with Crippen molar-refractivity contribution in [2.75, 3.05) is 34.4 Å². The number of carbonyl (C=O) groups excluding carboxylic acids is 4. The molecule has 1 aliphatic rings. The molecular formula is C50H86N4O9. The molecule has 1 heterocycles. The molecule has 13 nitrogen and oxygen atoms in total. The zero-order valence-electron chi connectivity index (χ0n) is 41.4. The molecule has 0 saturated carbocycles. The van der Waals surface area contributed by atoms with Gasteiger partial charge in [0.2, 0.25) is 17.7 Å². The highest BCUT2D eigenvalue weighted by Gasteiger charge is 2.42. The van der Waals surface area contributed by atoms with Crippen LogP contribution in [0.2, 0.25) is 0 Å². The van der Waals surface area contributed by atoms with Gasteiger partial charge < -0.3 is 34.9 Å². The number of likely N-dealkylation sites (N-methyl/N-ethyl adjacent to an activating group) is 1. The first-order valence-electron chi connectivity index (χ1n) is 23.7. The lowest BCUT2D eigenvalue weighted by molar-refractivity contribution is -0.159. The smallest absolute Gasteiger partial charge is 0.329 e. The minimum atomic E-state index is -0.898. The molecule has 63 heavy (non-hydrogen) atoms. The fourth-order valence-electron chi connectivity index (χ4n) is 9.27. The molecule has 2 rings (SSSR count). The van der Waals surface area contributed by atoms with Crippen molar-refractivity contribution >= 4 is 29.7 Å². The van der Waals surface area contributed by atoms with E-state index in [1.165, 1.54) is 0 Å². The average Bonchev–Trinajstić information content (AvgIpc) is 3.69. The van der Waals surface area contributed by atoms with Crippen LogP contribution in [0, 0.1) is 35.5 Å². The van der Waals surface area contributed by atoms with E-state index >= 15 is 0 Å². The van der Waals surface area contributed by atoms with Gasteiger partial charge in [-0.1, -0.05) is 98.6 Å². The van der Waals surface area contributed by atoms with Crippen LogP contribution in [-0.4, -0.2) is 121 Å². The molecule has 0 aromatic heterocycles. The number of benzene rings is 1. The monoisotopic (exact) mass is 887 g/mol. The number of carboxylic acid groups (broad SMARTS) is 1. The van der Waals surface area contributed by atoms with Gasteiger partial charge in [0.15, 0.2) is 0 Å². The van der Waals surface area contributed by atoms with Gasteiger partial charge in [0.25, 0.3) is 0 Å². The number of ether oxygens (including phenoxy) is 3. The lowest BCUT2D eigenvalue weighted by Gasteiger charge is -2.36. The molecular weight excluding hydrogens is 801 g/mol. The van der Waals surface area contributed by atoms with Crippen molar-refractivity contribution in [3.8, 4) is 0 Å². The molecule has 13 heteroatoms. The van der Waals surface area contributed by atoms with E-state index in [0.717, 1.165) is 37.7 Å². The van der Waals surface area contributed by atoms with Crippen LogP contribution in [0.25, 0.3) is 0 Å². The number of amides is 3. The summed E-state index contributed by atoms with van der Waals surface area (Å²) in [6.45, 7) is 23.2. The van der Waals surface area contributed by atoms with Crippen molar-refractivity contribution in [2.45, 2.75) is 182 Å². The Bertz CT molecular complexity index is 1550. The molecule has 3 amide bonds. The van der Waals surface area contributed by atoms with Crippen molar-refractivity contribution < 1.29 is 43.3 Å². The lowest BCUT2D eigenvalue weighted by atomic mass is 9.79. The Hall–Kier alpha value is -3.55. The molecule has 0 spiro atoms. The van der Waals surface area contributed by atoms with E-state index in [-0.39, 0.29) is 79.0 Å². The van der Waals surface area contributed by atoms with Gasteiger partial charge in [-0.05, 0) is 102 Å². The van der Waals surface area contributed by atoms with E-state index in [4.69, 9.17) is 19.3 Å². The standard InChI is InChI=1S/C50H86N4O9/c1-15-35(7)38(26-25-34(6)29-39(32(2)3)51-48(59)45(33(4)5)53(12)27-20-24-44(56)57)42(61-13)31-43(55)54-28-19-23-41(54)46(62-14)36(8)47(58)52-40(49(60)63-50(9,10)11)30-37-21-17-16-18-22-37/h16-18,21-22,32-36,38-42,45-46H,15,19-20,23-31H2,1-14H3,(H,51,59)(H,52,58)(H,56,57). The quantitative estimate of drug-likeness (QED) is 0.0717. The predicted molar refractivity (Wildman–Crippen MR) is 249 cm³/mol. The van der Waals surface area contributed by atoms with Crippen LogP contribution < -0.4 is 10.6 Å². The van der Waals surface area contributed by atoms with Gasteiger partial charge in [-0.3, -0.25) is 24.1 Å². The van der Waals surface area contributed by atoms with Gasteiger partial charge >= 0.3 is 11.9 Å². The number of likely N-dealkylation sites (tertiary alicyclic amines) is 1. The Kier molecular flexibility index (Phi) is 23.9. The van der Waals surface area contributed by atoms with Crippen LogP contribution in [0.15, 0.2) is 30.3 Å². The van der Waals surface area contributed by atoms with Crippen molar-refractivity contribution in [3.05, 3.63) is 35.9 Å². The van der Waals surface area contributed by atoms with Gasteiger partial charge in [-0.25, -0.2) is 4.79 Å². The second kappa shape index (κ2) is 27.0. The molecule has 0 radical (unpaired) electrons. The summed E-state index contributed by atoms with van der Waals surface area (Å²) in [5.74, 6) is -1.39. The van der Waals surface area contributed by atoms with E-state index in [9.17, 15) is 24.0 Å². The fourth-order valence-corrected chi connectivity index (χ4v) is 9.27. The van der Waals surface area contributed by atoms with Crippen molar-refractivity contribution in [3.63, 3.8) is 0 Å². The van der Waals surface area contributed by atoms with Crippen molar-refractivity contribution in [1.29, 1.82) is 0 Å². The third-order valence-electron chi connectivity index (χ3n) is 13.1. The van der Waals surface area contributed by atoms with Gasteiger partial charge in [0.1, 0.15) is 11.6 Å². The number of esters is 1. The number of carboxylic acids is 1. The Morgan fingerprint density at radius 3 is 2.10 bits per heavy atom. The first kappa shape index (κ1) is 55.6. The molecule has 10 atom stereocenters. The number of hydrogen-bond acceptors (Lipinski definition) is 9. The molecule has 0 bridgehead atoms. The van der Waals surface area contributed by atoms with E-state index in [0.29, 0.717) is 37.8 Å². The topological polar surface area (TPSA) is 164 Å². The molecule has 1 aromatic carbocycles. The van der Waals surface area contributed by atoms with Crippen LogP contribution >= 0.6 is 0 Å². The van der Waals surface area contributed by atoms with Gasteiger partial charge in [-0.15, -0.1) is 0 Å². The van der Waals surface area contributed by atoms with Gasteiger partial charge in [-0.2, -0.15) is 0 Å². The summed E-state index contributed by atoms with van der Waals surface area (Å²) in [4.78, 5) is 70.2. The second-order valence-electron chi connectivity index (χ2n) is 20.0. The summed E-state index contributed by atoms with van der Waals surface area (Å²) in [6.07, 6.45) is 5.15. The highest BCUT2D eigenvalue weighted by atomic mass is 16.6. The number of nitrogens with one attached hydrogen (secondary N) is 2.